The van der Waals surface area contributed by atoms with Crippen LogP contribution < -0.4 is 10.5 Å². The molecule has 3 rings (SSSR count). The van der Waals surface area contributed by atoms with E-state index in [0.717, 1.165) is 5.56 Å². The number of nitrogens with two attached hydrogens (primary N) is 1. The van der Waals surface area contributed by atoms with Crippen LogP contribution in [-0.4, -0.2) is 10.8 Å². The van der Waals surface area contributed by atoms with E-state index in [-0.39, 0.29) is 5.78 Å². The average molecular weight is 254 g/mol. The fourth-order valence-corrected chi connectivity index (χ4v) is 2.30. The predicted octanol–water partition coefficient (Wildman–Crippen LogP) is 2.25. The van der Waals surface area contributed by atoms with Crippen molar-refractivity contribution < 1.29 is 9.53 Å². The molecule has 0 bridgehead atoms. The van der Waals surface area contributed by atoms with Gasteiger partial charge in [0.2, 0.25) is 0 Å². The van der Waals surface area contributed by atoms with Crippen LogP contribution in [-0.2, 0) is 5.72 Å². The van der Waals surface area contributed by atoms with E-state index in [4.69, 9.17) is 10.5 Å². The number of carbonyl (C=O) groups is 1. The van der Waals surface area contributed by atoms with Crippen LogP contribution in [0.4, 0.5) is 0 Å². The largest absolute Gasteiger partial charge is 0.468 e. The summed E-state index contributed by atoms with van der Waals surface area (Å²) in [6.07, 6.45) is 4.16. The van der Waals surface area contributed by atoms with Crippen molar-refractivity contribution in [1.29, 1.82) is 0 Å². The second kappa shape index (κ2) is 4.48. The summed E-state index contributed by atoms with van der Waals surface area (Å²) < 4.78 is 5.93. The van der Waals surface area contributed by atoms with E-state index in [0.29, 0.717) is 24.2 Å². The Bertz CT molecular complexity index is 613. The summed E-state index contributed by atoms with van der Waals surface area (Å²) >= 11 is 0. The lowest BCUT2D eigenvalue weighted by Crippen LogP contribution is -2.42. The maximum atomic E-state index is 12.1. The molecule has 2 aromatic rings. The molecule has 0 fully saturated rings. The molecule has 0 saturated carbocycles. The standard InChI is InChI=1S/C15H14N2O2/c16-15(11-6-9-17-10-7-11)8-5-13(18)12-3-1-2-4-14(12)19-15/h1-4,6-7,9-10H,5,8,16H2. The Labute approximate surface area is 111 Å². The molecule has 96 valence electrons. The highest BCUT2D eigenvalue weighted by Gasteiger charge is 2.34. The summed E-state index contributed by atoms with van der Waals surface area (Å²) in [5, 5.41) is 0. The Morgan fingerprint density at radius 3 is 2.68 bits per heavy atom. The lowest BCUT2D eigenvalue weighted by Gasteiger charge is -2.29. The summed E-state index contributed by atoms with van der Waals surface area (Å²) in [5.74, 6) is 0.612. The molecule has 4 nitrogen and oxygen atoms in total. The van der Waals surface area contributed by atoms with Crippen LogP contribution in [0.2, 0.25) is 0 Å². The van der Waals surface area contributed by atoms with Gasteiger partial charge >= 0.3 is 0 Å². The van der Waals surface area contributed by atoms with E-state index in [9.17, 15) is 4.79 Å². The number of pyridine rings is 1. The van der Waals surface area contributed by atoms with Crippen molar-refractivity contribution in [3.8, 4) is 5.75 Å². The van der Waals surface area contributed by atoms with E-state index in [1.54, 1.807) is 24.5 Å². The van der Waals surface area contributed by atoms with Crippen LogP contribution in [0.1, 0.15) is 28.8 Å². The van der Waals surface area contributed by atoms with Gasteiger partial charge in [0.1, 0.15) is 5.75 Å². The molecule has 1 aromatic carbocycles. The molecule has 1 unspecified atom stereocenters. The molecule has 0 aliphatic carbocycles. The lowest BCUT2D eigenvalue weighted by molar-refractivity contribution is 0.0649. The first-order chi connectivity index (χ1) is 9.19. The van der Waals surface area contributed by atoms with Gasteiger partial charge in [-0.25, -0.2) is 0 Å². The predicted molar refractivity (Wildman–Crippen MR) is 70.7 cm³/mol. The Kier molecular flexibility index (Phi) is 2.80. The third-order valence-electron chi connectivity index (χ3n) is 3.37. The number of benzene rings is 1. The Morgan fingerprint density at radius 1 is 1.16 bits per heavy atom. The van der Waals surface area contributed by atoms with Gasteiger partial charge in [-0.1, -0.05) is 12.1 Å². The second-order valence-electron chi connectivity index (χ2n) is 4.65. The Hall–Kier alpha value is -2.20. The van der Waals surface area contributed by atoms with Gasteiger partial charge in [0.25, 0.3) is 0 Å². The SMILES string of the molecule is NC1(c2ccncc2)CCC(=O)c2ccccc2O1. The van der Waals surface area contributed by atoms with E-state index in [1.165, 1.54) is 0 Å². The smallest absolute Gasteiger partial charge is 0.185 e. The number of fused-ring (bicyclic) bond motifs is 1. The van der Waals surface area contributed by atoms with Crippen LogP contribution in [0.15, 0.2) is 48.8 Å². The Morgan fingerprint density at radius 2 is 1.89 bits per heavy atom. The average Bonchev–Trinajstić information content (AvgIpc) is 2.59. The van der Waals surface area contributed by atoms with Gasteiger partial charge in [0, 0.05) is 30.8 Å². The topological polar surface area (TPSA) is 65.2 Å². The molecular formula is C15H14N2O2. The quantitative estimate of drug-likeness (QED) is 0.847. The number of ketones is 1. The molecule has 0 saturated heterocycles. The number of Topliss-reactive ketones (excluding diaryl/α,β-unsaturated/α-hetero) is 1. The van der Waals surface area contributed by atoms with E-state index in [1.807, 2.05) is 24.3 Å². The van der Waals surface area contributed by atoms with E-state index in [2.05, 4.69) is 4.98 Å². The molecule has 1 aliphatic rings. The summed E-state index contributed by atoms with van der Waals surface area (Å²) in [6.45, 7) is 0. The number of aromatic nitrogens is 1. The first kappa shape index (κ1) is 11.9. The molecule has 4 heteroatoms. The zero-order valence-corrected chi connectivity index (χ0v) is 10.4. The molecule has 1 aliphatic heterocycles. The molecule has 1 aromatic heterocycles. The number of nitrogens with zero attached hydrogens (tertiary/aromatic N) is 1. The number of ether oxygens (including phenoxy) is 1. The number of carbonyl (C=O) groups excluding carboxylic acids is 1. The number of hydrogen-bond donors (Lipinski definition) is 1. The third-order valence-corrected chi connectivity index (χ3v) is 3.37. The maximum Gasteiger partial charge on any atom is 0.185 e. The van der Waals surface area contributed by atoms with Gasteiger partial charge in [0.15, 0.2) is 11.5 Å². The number of para-hydroxylation sites is 1. The van der Waals surface area contributed by atoms with Crippen molar-refractivity contribution in [2.45, 2.75) is 18.6 Å². The maximum absolute atomic E-state index is 12.1. The summed E-state index contributed by atoms with van der Waals surface area (Å²) in [7, 11) is 0. The van der Waals surface area contributed by atoms with E-state index >= 15 is 0 Å². The number of rotatable bonds is 1. The monoisotopic (exact) mass is 254 g/mol. The molecule has 2 heterocycles. The van der Waals surface area contributed by atoms with Crippen molar-refractivity contribution in [3.05, 3.63) is 59.9 Å². The number of hydrogen-bond acceptors (Lipinski definition) is 4. The van der Waals surface area contributed by atoms with Crippen LogP contribution in [0, 0.1) is 0 Å². The highest BCUT2D eigenvalue weighted by Crippen LogP contribution is 2.34. The van der Waals surface area contributed by atoms with Gasteiger partial charge in [-0.15, -0.1) is 0 Å². The summed E-state index contributed by atoms with van der Waals surface area (Å²) in [6, 6.07) is 10.9. The minimum absolute atomic E-state index is 0.0666. The second-order valence-corrected chi connectivity index (χ2v) is 4.65. The first-order valence-electron chi connectivity index (χ1n) is 6.20. The molecule has 2 N–H and O–H groups in total. The molecule has 19 heavy (non-hydrogen) atoms. The van der Waals surface area contributed by atoms with Crippen LogP contribution in [0.5, 0.6) is 5.75 Å². The third kappa shape index (κ3) is 2.11. The highest BCUT2D eigenvalue weighted by molar-refractivity contribution is 5.99. The molecule has 0 amide bonds. The zero-order chi connectivity index (χ0) is 13.3. The van der Waals surface area contributed by atoms with Crippen LogP contribution >= 0.6 is 0 Å². The minimum atomic E-state index is -0.981. The first-order valence-corrected chi connectivity index (χ1v) is 6.20. The molecular weight excluding hydrogens is 240 g/mol. The molecule has 1 atom stereocenters. The lowest BCUT2D eigenvalue weighted by atomic mass is 9.98. The summed E-state index contributed by atoms with van der Waals surface area (Å²) in [4.78, 5) is 16.1. The van der Waals surface area contributed by atoms with Crippen molar-refractivity contribution in [1.82, 2.24) is 4.98 Å². The summed E-state index contributed by atoms with van der Waals surface area (Å²) in [5.41, 5.74) is 6.80. The fourth-order valence-electron chi connectivity index (χ4n) is 2.30. The van der Waals surface area contributed by atoms with Crippen molar-refractivity contribution >= 4 is 5.78 Å². The van der Waals surface area contributed by atoms with Crippen molar-refractivity contribution in [2.24, 2.45) is 5.73 Å². The fraction of sp³-hybridized carbons (Fsp3) is 0.200. The minimum Gasteiger partial charge on any atom is -0.468 e. The van der Waals surface area contributed by atoms with Crippen molar-refractivity contribution in [2.75, 3.05) is 0 Å². The van der Waals surface area contributed by atoms with Gasteiger partial charge in [-0.05, 0) is 24.3 Å². The van der Waals surface area contributed by atoms with Gasteiger partial charge in [0.05, 0.1) is 5.56 Å². The molecule has 0 spiro atoms. The van der Waals surface area contributed by atoms with Crippen LogP contribution in [0.25, 0.3) is 0 Å². The van der Waals surface area contributed by atoms with Crippen molar-refractivity contribution in [3.63, 3.8) is 0 Å². The van der Waals surface area contributed by atoms with Gasteiger partial charge < -0.3 is 4.74 Å². The van der Waals surface area contributed by atoms with Crippen LogP contribution in [0.3, 0.4) is 0 Å². The normalized spacial score (nSPS) is 22.3. The molecule has 0 radical (unpaired) electrons. The van der Waals surface area contributed by atoms with Gasteiger partial charge in [-0.3, -0.25) is 15.5 Å². The zero-order valence-electron chi connectivity index (χ0n) is 10.4. The Balaban J connectivity index is 2.06. The van der Waals surface area contributed by atoms with Gasteiger partial charge in [-0.2, -0.15) is 0 Å². The highest BCUT2D eigenvalue weighted by atomic mass is 16.5. The van der Waals surface area contributed by atoms with E-state index < -0.39 is 5.72 Å².